The second kappa shape index (κ2) is 7.86. The molecule has 0 atom stereocenters. The summed E-state index contributed by atoms with van der Waals surface area (Å²) in [4.78, 5) is 13.6. The SMILES string of the molecule is O=C(O)c1cccc(-c2ccc3c(c2)N(c2ccc(Cl)cc2Cl)CCCC3)c1. The highest BCUT2D eigenvalue weighted by Gasteiger charge is 2.20. The largest absolute Gasteiger partial charge is 0.478 e. The van der Waals surface area contributed by atoms with Crippen LogP contribution in [0.4, 0.5) is 11.4 Å². The Morgan fingerprint density at radius 2 is 1.71 bits per heavy atom. The average molecular weight is 412 g/mol. The Kier molecular flexibility index (Phi) is 5.29. The van der Waals surface area contributed by atoms with Gasteiger partial charge in [-0.3, -0.25) is 0 Å². The van der Waals surface area contributed by atoms with Gasteiger partial charge < -0.3 is 10.0 Å². The molecule has 0 aromatic heterocycles. The lowest BCUT2D eigenvalue weighted by Gasteiger charge is -2.27. The van der Waals surface area contributed by atoms with Crippen LogP contribution >= 0.6 is 23.2 Å². The van der Waals surface area contributed by atoms with Gasteiger partial charge in [-0.25, -0.2) is 4.79 Å². The van der Waals surface area contributed by atoms with Crippen LogP contribution in [0.1, 0.15) is 28.8 Å². The zero-order chi connectivity index (χ0) is 19.7. The molecule has 1 N–H and O–H groups in total. The van der Waals surface area contributed by atoms with Crippen molar-refractivity contribution >= 4 is 40.5 Å². The zero-order valence-electron chi connectivity index (χ0n) is 15.2. The van der Waals surface area contributed by atoms with Crippen molar-refractivity contribution in [1.29, 1.82) is 0 Å². The fourth-order valence-electron chi connectivity index (χ4n) is 3.69. The number of carboxylic acid groups (broad SMARTS) is 1. The second-order valence-electron chi connectivity index (χ2n) is 6.93. The summed E-state index contributed by atoms with van der Waals surface area (Å²) in [6, 6.07) is 18.9. The van der Waals surface area contributed by atoms with Crippen LogP contribution in [-0.4, -0.2) is 17.6 Å². The smallest absolute Gasteiger partial charge is 0.335 e. The van der Waals surface area contributed by atoms with Crippen LogP contribution < -0.4 is 4.90 Å². The molecule has 0 spiro atoms. The number of nitrogens with zero attached hydrogens (tertiary/aromatic N) is 1. The number of carbonyl (C=O) groups is 1. The Labute approximate surface area is 174 Å². The summed E-state index contributed by atoms with van der Waals surface area (Å²) in [6.07, 6.45) is 3.19. The third kappa shape index (κ3) is 3.73. The molecule has 0 aliphatic carbocycles. The molecule has 1 aliphatic heterocycles. The van der Waals surface area contributed by atoms with Gasteiger partial charge in [0, 0.05) is 17.3 Å². The predicted octanol–water partition coefficient (Wildman–Crippen LogP) is 6.83. The third-order valence-electron chi connectivity index (χ3n) is 5.10. The fraction of sp³-hybridized carbons (Fsp3) is 0.174. The molecule has 142 valence electrons. The molecule has 1 aliphatic rings. The normalized spacial score (nSPS) is 13.7. The van der Waals surface area contributed by atoms with E-state index in [0.717, 1.165) is 48.3 Å². The first-order valence-corrected chi connectivity index (χ1v) is 9.98. The molecule has 28 heavy (non-hydrogen) atoms. The number of aromatic carboxylic acids is 1. The van der Waals surface area contributed by atoms with Gasteiger partial charge in [-0.2, -0.15) is 0 Å². The van der Waals surface area contributed by atoms with Crippen molar-refractivity contribution in [3.63, 3.8) is 0 Å². The molecule has 3 aromatic rings. The van der Waals surface area contributed by atoms with Gasteiger partial charge >= 0.3 is 5.97 Å². The third-order valence-corrected chi connectivity index (χ3v) is 5.64. The minimum atomic E-state index is -0.925. The number of anilines is 2. The molecule has 0 amide bonds. The van der Waals surface area contributed by atoms with Crippen LogP contribution in [0.2, 0.25) is 10.0 Å². The Bertz CT molecular complexity index is 1050. The van der Waals surface area contributed by atoms with E-state index in [9.17, 15) is 9.90 Å². The Balaban J connectivity index is 1.82. The molecule has 0 fully saturated rings. The highest BCUT2D eigenvalue weighted by atomic mass is 35.5. The first-order valence-electron chi connectivity index (χ1n) is 9.22. The molecular weight excluding hydrogens is 393 g/mol. The number of benzene rings is 3. The van der Waals surface area contributed by atoms with Crippen molar-refractivity contribution < 1.29 is 9.90 Å². The Morgan fingerprint density at radius 1 is 0.893 bits per heavy atom. The molecule has 0 radical (unpaired) electrons. The van der Waals surface area contributed by atoms with Crippen molar-refractivity contribution in [2.75, 3.05) is 11.4 Å². The Morgan fingerprint density at radius 3 is 2.50 bits per heavy atom. The van der Waals surface area contributed by atoms with Gasteiger partial charge in [-0.1, -0.05) is 47.5 Å². The number of aryl methyl sites for hydroxylation is 1. The summed E-state index contributed by atoms with van der Waals surface area (Å²) < 4.78 is 0. The van der Waals surface area contributed by atoms with Gasteiger partial charge in [0.1, 0.15) is 0 Å². The Hall–Kier alpha value is -2.49. The van der Waals surface area contributed by atoms with Crippen LogP contribution in [0.25, 0.3) is 11.1 Å². The van der Waals surface area contributed by atoms with E-state index >= 15 is 0 Å². The van der Waals surface area contributed by atoms with Crippen LogP contribution in [-0.2, 0) is 6.42 Å². The van der Waals surface area contributed by atoms with Gasteiger partial charge in [0.2, 0.25) is 0 Å². The quantitative estimate of drug-likeness (QED) is 0.512. The van der Waals surface area contributed by atoms with E-state index in [1.54, 1.807) is 24.3 Å². The first kappa shape index (κ1) is 18.9. The summed E-state index contributed by atoms with van der Waals surface area (Å²) in [5.41, 5.74) is 5.46. The van der Waals surface area contributed by atoms with Crippen molar-refractivity contribution in [3.8, 4) is 11.1 Å². The molecular formula is C23H19Cl2NO2. The molecule has 3 aromatic carbocycles. The van der Waals surface area contributed by atoms with Crippen molar-refractivity contribution in [3.05, 3.63) is 81.8 Å². The van der Waals surface area contributed by atoms with Crippen molar-refractivity contribution in [2.24, 2.45) is 0 Å². The number of rotatable bonds is 3. The maximum Gasteiger partial charge on any atom is 0.335 e. The topological polar surface area (TPSA) is 40.5 Å². The van der Waals surface area contributed by atoms with E-state index in [1.807, 2.05) is 18.2 Å². The van der Waals surface area contributed by atoms with E-state index in [4.69, 9.17) is 23.2 Å². The van der Waals surface area contributed by atoms with E-state index in [1.165, 1.54) is 5.56 Å². The van der Waals surface area contributed by atoms with Crippen LogP contribution in [0, 0.1) is 0 Å². The summed E-state index contributed by atoms with van der Waals surface area (Å²) in [7, 11) is 0. The van der Waals surface area contributed by atoms with Crippen molar-refractivity contribution in [2.45, 2.75) is 19.3 Å². The van der Waals surface area contributed by atoms with Gasteiger partial charge in [-0.15, -0.1) is 0 Å². The summed E-state index contributed by atoms with van der Waals surface area (Å²) in [5, 5.41) is 10.5. The van der Waals surface area contributed by atoms with Crippen LogP contribution in [0.15, 0.2) is 60.7 Å². The monoisotopic (exact) mass is 411 g/mol. The molecule has 5 heteroatoms. The number of hydrogen-bond acceptors (Lipinski definition) is 2. The summed E-state index contributed by atoms with van der Waals surface area (Å²) in [5.74, 6) is -0.925. The fourth-order valence-corrected chi connectivity index (χ4v) is 4.20. The predicted molar refractivity (Wildman–Crippen MR) is 115 cm³/mol. The standard InChI is InChI=1S/C23H19Cl2NO2/c24-19-9-10-21(20(25)14-19)26-11-2-1-4-15-7-8-17(13-22(15)26)16-5-3-6-18(12-16)23(27)28/h3,5-10,12-14H,1-2,4,11H2,(H,27,28). The summed E-state index contributed by atoms with van der Waals surface area (Å²) in [6.45, 7) is 0.868. The van der Waals surface area contributed by atoms with E-state index in [-0.39, 0.29) is 5.56 Å². The zero-order valence-corrected chi connectivity index (χ0v) is 16.7. The minimum absolute atomic E-state index is 0.282. The second-order valence-corrected chi connectivity index (χ2v) is 7.78. The number of carboxylic acids is 1. The van der Waals surface area contributed by atoms with Gasteiger partial charge in [0.05, 0.1) is 16.3 Å². The molecule has 0 saturated carbocycles. The number of hydrogen-bond donors (Lipinski definition) is 1. The highest BCUT2D eigenvalue weighted by molar-refractivity contribution is 6.36. The minimum Gasteiger partial charge on any atom is -0.478 e. The average Bonchev–Trinajstić information content (AvgIpc) is 2.90. The maximum atomic E-state index is 11.3. The van der Waals surface area contributed by atoms with Gasteiger partial charge in [-0.05, 0) is 72.4 Å². The van der Waals surface area contributed by atoms with Gasteiger partial charge in [0.15, 0.2) is 0 Å². The molecule has 0 saturated heterocycles. The summed E-state index contributed by atoms with van der Waals surface area (Å²) >= 11 is 12.6. The lowest BCUT2D eigenvalue weighted by atomic mass is 9.98. The van der Waals surface area contributed by atoms with Crippen LogP contribution in [0.5, 0.6) is 0 Å². The molecule has 0 bridgehead atoms. The molecule has 0 unspecified atom stereocenters. The van der Waals surface area contributed by atoms with Gasteiger partial charge in [0.25, 0.3) is 0 Å². The first-order chi connectivity index (χ1) is 13.5. The lowest BCUT2D eigenvalue weighted by molar-refractivity contribution is 0.0697. The van der Waals surface area contributed by atoms with Crippen LogP contribution in [0.3, 0.4) is 0 Å². The van der Waals surface area contributed by atoms with Crippen molar-refractivity contribution in [1.82, 2.24) is 0 Å². The molecule has 4 rings (SSSR count). The number of fused-ring (bicyclic) bond motifs is 1. The van der Waals surface area contributed by atoms with E-state index in [0.29, 0.717) is 10.0 Å². The highest BCUT2D eigenvalue weighted by Crippen LogP contribution is 2.39. The number of halogens is 2. The van der Waals surface area contributed by atoms with E-state index in [2.05, 4.69) is 23.1 Å². The maximum absolute atomic E-state index is 11.3. The van der Waals surface area contributed by atoms with E-state index < -0.39 is 5.97 Å². The molecule has 3 nitrogen and oxygen atoms in total. The lowest BCUT2D eigenvalue weighted by Crippen LogP contribution is -2.18. The molecule has 1 heterocycles.